The Morgan fingerprint density at radius 2 is 1.43 bits per heavy atom. The molecule has 2 aromatic rings. The molecule has 2 rings (SSSR count). The number of carbonyl (C=O) groups excluding carboxylic acids is 2. The number of hydrogen-bond donors (Lipinski definition) is 2. The van der Waals surface area contributed by atoms with Gasteiger partial charge >= 0.3 is 11.8 Å². The summed E-state index contributed by atoms with van der Waals surface area (Å²) >= 11 is 0. The lowest BCUT2D eigenvalue weighted by atomic mass is 9.92. The van der Waals surface area contributed by atoms with E-state index in [4.69, 9.17) is 5.73 Å². The van der Waals surface area contributed by atoms with Crippen molar-refractivity contribution in [3.05, 3.63) is 71.8 Å². The second-order valence-electron chi connectivity index (χ2n) is 4.38. The van der Waals surface area contributed by atoms with Crippen molar-refractivity contribution in [3.8, 4) is 0 Å². The molecule has 0 aliphatic rings. The molecule has 0 atom stereocenters. The highest BCUT2D eigenvalue weighted by Gasteiger charge is 2.12. The molecule has 106 valence electrons. The van der Waals surface area contributed by atoms with Gasteiger partial charge in [0.15, 0.2) is 0 Å². The Balaban J connectivity index is 2.23. The maximum absolute atomic E-state index is 11.1. The van der Waals surface area contributed by atoms with Crippen molar-refractivity contribution in [2.24, 2.45) is 10.8 Å². The van der Waals surface area contributed by atoms with E-state index in [-0.39, 0.29) is 5.92 Å². The Labute approximate surface area is 122 Å². The molecule has 0 saturated carbocycles. The molecule has 0 spiro atoms. The van der Waals surface area contributed by atoms with Crippen molar-refractivity contribution in [2.45, 2.75) is 5.92 Å². The minimum absolute atomic E-state index is 0.124. The molecule has 0 unspecified atom stereocenters. The fourth-order valence-electron chi connectivity index (χ4n) is 1.91. The molecule has 3 N–H and O–H groups in total. The summed E-state index contributed by atoms with van der Waals surface area (Å²) in [6, 6.07) is 19.5. The van der Waals surface area contributed by atoms with Gasteiger partial charge in [-0.3, -0.25) is 9.59 Å². The fraction of sp³-hybridized carbons (Fsp3) is 0.0625. The second-order valence-corrected chi connectivity index (χ2v) is 4.38. The van der Waals surface area contributed by atoms with E-state index in [0.717, 1.165) is 11.1 Å². The number of nitrogens with one attached hydrogen (secondary N) is 1. The first-order chi connectivity index (χ1) is 10.2. The number of hydrogen-bond acceptors (Lipinski definition) is 3. The Morgan fingerprint density at radius 1 is 0.952 bits per heavy atom. The van der Waals surface area contributed by atoms with Gasteiger partial charge in [0.2, 0.25) is 0 Å². The molecule has 0 heterocycles. The molecule has 0 radical (unpaired) electrons. The van der Waals surface area contributed by atoms with Crippen LogP contribution in [0.3, 0.4) is 0 Å². The minimum atomic E-state index is -1.07. The van der Waals surface area contributed by atoms with Crippen molar-refractivity contribution in [3.63, 3.8) is 0 Å². The predicted octanol–water partition coefficient (Wildman–Crippen LogP) is 1.41. The van der Waals surface area contributed by atoms with Crippen LogP contribution in [0.4, 0.5) is 0 Å². The number of amides is 2. The molecule has 21 heavy (non-hydrogen) atoms. The number of primary amides is 1. The third-order valence-corrected chi connectivity index (χ3v) is 2.93. The van der Waals surface area contributed by atoms with Crippen LogP contribution in [0.1, 0.15) is 17.0 Å². The normalized spacial score (nSPS) is 10.7. The lowest BCUT2D eigenvalue weighted by molar-refractivity contribution is -0.137. The van der Waals surface area contributed by atoms with Gasteiger partial charge in [-0.15, -0.1) is 0 Å². The largest absolute Gasteiger partial charge is 0.361 e. The van der Waals surface area contributed by atoms with Crippen molar-refractivity contribution in [1.29, 1.82) is 0 Å². The number of hydrazone groups is 1. The highest BCUT2D eigenvalue weighted by Crippen LogP contribution is 2.22. The van der Waals surface area contributed by atoms with Crippen LogP contribution in [0.25, 0.3) is 0 Å². The van der Waals surface area contributed by atoms with Crippen LogP contribution < -0.4 is 11.2 Å². The number of benzene rings is 2. The van der Waals surface area contributed by atoms with E-state index < -0.39 is 11.8 Å². The van der Waals surface area contributed by atoms with Crippen LogP contribution in [-0.2, 0) is 9.59 Å². The molecular formula is C16H15N3O2. The van der Waals surface area contributed by atoms with Crippen LogP contribution in [0.5, 0.6) is 0 Å². The smallest absolute Gasteiger partial charge is 0.329 e. The van der Waals surface area contributed by atoms with Crippen molar-refractivity contribution in [1.82, 2.24) is 5.43 Å². The van der Waals surface area contributed by atoms with E-state index in [1.165, 1.54) is 0 Å². The van der Waals surface area contributed by atoms with Gasteiger partial charge < -0.3 is 5.73 Å². The third kappa shape index (κ3) is 4.01. The maximum atomic E-state index is 11.1. The topological polar surface area (TPSA) is 84.5 Å². The summed E-state index contributed by atoms with van der Waals surface area (Å²) in [4.78, 5) is 21.7. The van der Waals surface area contributed by atoms with Gasteiger partial charge in [0.1, 0.15) is 0 Å². The van der Waals surface area contributed by atoms with Crippen LogP contribution in [0.15, 0.2) is 65.8 Å². The lowest BCUT2D eigenvalue weighted by Crippen LogP contribution is -2.33. The molecule has 0 aromatic heterocycles. The van der Waals surface area contributed by atoms with E-state index in [1.54, 1.807) is 6.21 Å². The average molecular weight is 281 g/mol. The van der Waals surface area contributed by atoms with Crippen LogP contribution in [-0.4, -0.2) is 18.0 Å². The van der Waals surface area contributed by atoms with E-state index in [1.807, 2.05) is 60.7 Å². The first kappa shape index (κ1) is 14.5. The number of rotatable bonds is 4. The Hall–Kier alpha value is -2.95. The molecular weight excluding hydrogens is 266 g/mol. The highest BCUT2D eigenvalue weighted by molar-refractivity contribution is 6.34. The number of carbonyl (C=O) groups is 2. The Kier molecular flexibility index (Phi) is 4.82. The molecule has 0 aliphatic carbocycles. The highest BCUT2D eigenvalue weighted by atomic mass is 16.2. The van der Waals surface area contributed by atoms with Crippen molar-refractivity contribution >= 4 is 18.0 Å². The molecule has 0 bridgehead atoms. The molecule has 2 amide bonds. The van der Waals surface area contributed by atoms with Gasteiger partial charge in [-0.05, 0) is 11.1 Å². The predicted molar refractivity (Wildman–Crippen MR) is 80.6 cm³/mol. The van der Waals surface area contributed by atoms with Crippen LogP contribution >= 0.6 is 0 Å². The zero-order valence-electron chi connectivity index (χ0n) is 11.3. The van der Waals surface area contributed by atoms with E-state index in [0.29, 0.717) is 0 Å². The van der Waals surface area contributed by atoms with E-state index in [9.17, 15) is 9.59 Å². The third-order valence-electron chi connectivity index (χ3n) is 2.93. The summed E-state index contributed by atoms with van der Waals surface area (Å²) in [7, 11) is 0. The Morgan fingerprint density at radius 3 is 1.86 bits per heavy atom. The second kappa shape index (κ2) is 7.00. The summed E-state index contributed by atoms with van der Waals surface area (Å²) in [5, 5.41) is 3.82. The molecule has 2 aromatic carbocycles. The zero-order chi connectivity index (χ0) is 15.1. The van der Waals surface area contributed by atoms with E-state index >= 15 is 0 Å². The van der Waals surface area contributed by atoms with Crippen LogP contribution in [0, 0.1) is 0 Å². The monoisotopic (exact) mass is 281 g/mol. The van der Waals surface area contributed by atoms with Crippen molar-refractivity contribution < 1.29 is 9.59 Å². The quantitative estimate of drug-likeness (QED) is 0.504. The van der Waals surface area contributed by atoms with Gasteiger partial charge in [-0.25, -0.2) is 5.43 Å². The summed E-state index contributed by atoms with van der Waals surface area (Å²) in [6.07, 6.45) is 1.57. The summed E-state index contributed by atoms with van der Waals surface area (Å²) in [6.45, 7) is 0. The molecule has 5 nitrogen and oxygen atoms in total. The first-order valence-corrected chi connectivity index (χ1v) is 6.41. The molecule has 5 heteroatoms. The lowest BCUT2D eigenvalue weighted by Gasteiger charge is -2.12. The SMILES string of the molecule is NC(=O)C(=O)N/N=C/C(c1ccccc1)c1ccccc1. The molecule has 0 saturated heterocycles. The fourth-order valence-corrected chi connectivity index (χ4v) is 1.91. The molecule has 0 aliphatic heterocycles. The van der Waals surface area contributed by atoms with Gasteiger partial charge in [-0.2, -0.15) is 5.10 Å². The average Bonchev–Trinajstić information content (AvgIpc) is 2.53. The standard InChI is InChI=1S/C16H15N3O2/c17-15(20)16(21)19-18-11-14(12-7-3-1-4-8-12)13-9-5-2-6-10-13/h1-11,14H,(H2,17,20)(H,19,21)/b18-11+. The van der Waals surface area contributed by atoms with Crippen molar-refractivity contribution in [2.75, 3.05) is 0 Å². The summed E-state index contributed by atoms with van der Waals surface area (Å²) in [5.74, 6) is -2.13. The van der Waals surface area contributed by atoms with Crippen LogP contribution in [0.2, 0.25) is 0 Å². The van der Waals surface area contributed by atoms with Gasteiger partial charge in [0, 0.05) is 12.1 Å². The first-order valence-electron chi connectivity index (χ1n) is 6.41. The maximum Gasteiger partial charge on any atom is 0.329 e. The Bertz CT molecular complexity index is 600. The number of nitrogens with zero attached hydrogens (tertiary/aromatic N) is 1. The minimum Gasteiger partial charge on any atom is -0.361 e. The molecule has 0 fully saturated rings. The van der Waals surface area contributed by atoms with Gasteiger partial charge in [-0.1, -0.05) is 60.7 Å². The number of nitrogens with two attached hydrogens (primary N) is 1. The zero-order valence-corrected chi connectivity index (χ0v) is 11.3. The summed E-state index contributed by atoms with van der Waals surface area (Å²) in [5.41, 5.74) is 9.02. The summed E-state index contributed by atoms with van der Waals surface area (Å²) < 4.78 is 0. The van der Waals surface area contributed by atoms with E-state index in [2.05, 4.69) is 10.5 Å². The van der Waals surface area contributed by atoms with Gasteiger partial charge in [0.25, 0.3) is 0 Å². The van der Waals surface area contributed by atoms with Gasteiger partial charge in [0.05, 0.1) is 0 Å².